The van der Waals surface area contributed by atoms with E-state index >= 15 is 0 Å². The van der Waals surface area contributed by atoms with Crippen LogP contribution in [0, 0.1) is 5.41 Å². The fraction of sp³-hybridized carbons (Fsp3) is 0.571. The van der Waals surface area contributed by atoms with Crippen LogP contribution in [0.4, 0.5) is 6.01 Å². The number of fused-ring (bicyclic) bond motifs is 1. The lowest BCUT2D eigenvalue weighted by molar-refractivity contribution is -0.133. The van der Waals surface area contributed by atoms with Crippen LogP contribution in [0.1, 0.15) is 56.9 Å². The minimum absolute atomic E-state index is 0.0814. The largest absolute Gasteiger partial charge is 0.403 e. The summed E-state index contributed by atoms with van der Waals surface area (Å²) in [5.41, 5.74) is 4.12. The van der Waals surface area contributed by atoms with Gasteiger partial charge in [0.15, 0.2) is 0 Å². The standard InChI is InChI=1S/C21H25N7O2/c1-12(19(29)28-10-8-21(6-7-21)9-11-28)22-20-26-25-18(30-20)15-5-4-14(13-2-3-13)16-17(15)24-27-23-16/h4-5,12-13H,2-3,6-11H2,1H3,(H,22,26)(H,23,24,27)/t12-/m1/s1. The number of H-pyrrole nitrogens is 1. The lowest BCUT2D eigenvalue weighted by Gasteiger charge is -2.33. The summed E-state index contributed by atoms with van der Waals surface area (Å²) in [6.07, 6.45) is 7.29. The second-order valence-corrected chi connectivity index (χ2v) is 9.10. The van der Waals surface area contributed by atoms with Crippen molar-refractivity contribution in [2.24, 2.45) is 5.41 Å². The number of nitrogens with zero attached hydrogens (tertiary/aromatic N) is 5. The molecule has 0 radical (unpaired) electrons. The van der Waals surface area contributed by atoms with Gasteiger partial charge in [0.1, 0.15) is 17.1 Å². The first-order valence-electron chi connectivity index (χ1n) is 10.8. The number of carbonyl (C=O) groups is 1. The third kappa shape index (κ3) is 3.03. The van der Waals surface area contributed by atoms with Crippen molar-refractivity contribution in [3.63, 3.8) is 0 Å². The van der Waals surface area contributed by atoms with E-state index in [9.17, 15) is 4.79 Å². The van der Waals surface area contributed by atoms with E-state index < -0.39 is 6.04 Å². The number of piperidine rings is 1. The molecule has 3 heterocycles. The predicted octanol–water partition coefficient (Wildman–Crippen LogP) is 3.09. The highest BCUT2D eigenvalue weighted by molar-refractivity contribution is 5.91. The molecular formula is C21H25N7O2. The van der Waals surface area contributed by atoms with E-state index in [1.54, 1.807) is 0 Å². The SMILES string of the molecule is C[C@@H](Nc1nnc(-c2ccc(C3CC3)c3n[nH]nc23)o1)C(=O)N1CCC2(CC1)CC2. The van der Waals surface area contributed by atoms with Crippen LogP contribution >= 0.6 is 0 Å². The molecule has 1 amide bonds. The summed E-state index contributed by atoms with van der Waals surface area (Å²) in [6, 6.07) is 3.86. The second kappa shape index (κ2) is 6.52. The lowest BCUT2D eigenvalue weighted by atomic mass is 9.93. The number of carbonyl (C=O) groups excluding carboxylic acids is 1. The van der Waals surface area contributed by atoms with Gasteiger partial charge in [0.05, 0.1) is 5.56 Å². The van der Waals surface area contributed by atoms with Gasteiger partial charge in [-0.2, -0.15) is 15.4 Å². The molecule has 1 aromatic carbocycles. The highest BCUT2D eigenvalue weighted by Crippen LogP contribution is 2.53. The van der Waals surface area contributed by atoms with Crippen LogP contribution < -0.4 is 5.32 Å². The van der Waals surface area contributed by atoms with Crippen molar-refractivity contribution in [1.82, 2.24) is 30.5 Å². The van der Waals surface area contributed by atoms with Crippen LogP contribution in [0.5, 0.6) is 0 Å². The van der Waals surface area contributed by atoms with Crippen molar-refractivity contribution in [2.75, 3.05) is 18.4 Å². The molecule has 3 fully saturated rings. The molecule has 9 heteroatoms. The molecule has 1 aliphatic heterocycles. The number of benzene rings is 1. The maximum absolute atomic E-state index is 12.8. The Morgan fingerprint density at radius 3 is 2.67 bits per heavy atom. The number of aromatic nitrogens is 5. The zero-order valence-corrected chi connectivity index (χ0v) is 17.0. The fourth-order valence-electron chi connectivity index (χ4n) is 4.64. The molecule has 6 rings (SSSR count). The second-order valence-electron chi connectivity index (χ2n) is 9.10. The van der Waals surface area contributed by atoms with Crippen molar-refractivity contribution in [3.05, 3.63) is 17.7 Å². The number of rotatable bonds is 5. The molecule has 3 aromatic rings. The number of anilines is 1. The zero-order chi connectivity index (χ0) is 20.3. The van der Waals surface area contributed by atoms with E-state index in [1.807, 2.05) is 17.9 Å². The van der Waals surface area contributed by atoms with Gasteiger partial charge in [-0.05, 0) is 68.4 Å². The van der Waals surface area contributed by atoms with Gasteiger partial charge in [0.2, 0.25) is 5.91 Å². The van der Waals surface area contributed by atoms with Gasteiger partial charge in [0, 0.05) is 13.1 Å². The van der Waals surface area contributed by atoms with E-state index in [0.29, 0.717) is 17.2 Å². The Bertz CT molecular complexity index is 1100. The normalized spacial score (nSPS) is 21.2. The number of likely N-dealkylation sites (tertiary alicyclic amines) is 1. The summed E-state index contributed by atoms with van der Waals surface area (Å²) in [6.45, 7) is 3.53. The van der Waals surface area contributed by atoms with Crippen LogP contribution in [0.15, 0.2) is 16.5 Å². The van der Waals surface area contributed by atoms with E-state index in [4.69, 9.17) is 4.42 Å². The van der Waals surface area contributed by atoms with Crippen molar-refractivity contribution >= 4 is 23.0 Å². The molecule has 2 aliphatic carbocycles. The Hall–Kier alpha value is -2.97. The van der Waals surface area contributed by atoms with Crippen LogP contribution in [-0.2, 0) is 4.79 Å². The Labute approximate surface area is 173 Å². The molecule has 1 atom stereocenters. The van der Waals surface area contributed by atoms with Gasteiger partial charge in [-0.3, -0.25) is 4.79 Å². The molecule has 2 saturated carbocycles. The third-order valence-electron chi connectivity index (χ3n) is 6.98. The molecule has 30 heavy (non-hydrogen) atoms. The smallest absolute Gasteiger partial charge is 0.316 e. The van der Waals surface area contributed by atoms with Crippen molar-refractivity contribution in [2.45, 2.75) is 57.4 Å². The van der Waals surface area contributed by atoms with Gasteiger partial charge in [-0.1, -0.05) is 11.2 Å². The molecule has 156 valence electrons. The maximum atomic E-state index is 12.8. The molecule has 1 saturated heterocycles. The average Bonchev–Trinajstić information content (AvgIpc) is 3.64. The van der Waals surface area contributed by atoms with Crippen molar-refractivity contribution < 1.29 is 9.21 Å². The molecular weight excluding hydrogens is 382 g/mol. The summed E-state index contributed by atoms with van der Waals surface area (Å²) in [4.78, 5) is 14.8. The molecule has 0 bridgehead atoms. The number of hydrogen-bond acceptors (Lipinski definition) is 7. The quantitative estimate of drug-likeness (QED) is 0.668. The van der Waals surface area contributed by atoms with Crippen molar-refractivity contribution in [3.8, 4) is 11.5 Å². The molecule has 0 unspecified atom stereocenters. The monoisotopic (exact) mass is 407 g/mol. The van der Waals surface area contributed by atoms with E-state index in [2.05, 4.69) is 37.0 Å². The third-order valence-corrected chi connectivity index (χ3v) is 6.98. The predicted molar refractivity (Wildman–Crippen MR) is 110 cm³/mol. The molecule has 2 N–H and O–H groups in total. The fourth-order valence-corrected chi connectivity index (χ4v) is 4.64. The first-order valence-corrected chi connectivity index (χ1v) is 10.8. The van der Waals surface area contributed by atoms with Crippen LogP contribution in [0.2, 0.25) is 0 Å². The van der Waals surface area contributed by atoms with Gasteiger partial charge in [-0.15, -0.1) is 5.10 Å². The van der Waals surface area contributed by atoms with Crippen LogP contribution in [-0.4, -0.2) is 55.5 Å². The van der Waals surface area contributed by atoms with E-state index in [1.165, 1.54) is 31.2 Å². The van der Waals surface area contributed by atoms with Crippen LogP contribution in [0.3, 0.4) is 0 Å². The highest BCUT2D eigenvalue weighted by Gasteiger charge is 2.45. The molecule has 2 aromatic heterocycles. The molecule has 9 nitrogen and oxygen atoms in total. The summed E-state index contributed by atoms with van der Waals surface area (Å²) in [5.74, 6) is 1.02. The van der Waals surface area contributed by atoms with Gasteiger partial charge < -0.3 is 14.6 Å². The lowest BCUT2D eigenvalue weighted by Crippen LogP contribution is -2.45. The number of aromatic amines is 1. The van der Waals surface area contributed by atoms with E-state index in [0.717, 1.165) is 42.5 Å². The van der Waals surface area contributed by atoms with Crippen molar-refractivity contribution in [1.29, 1.82) is 0 Å². The molecule has 3 aliphatic rings. The van der Waals surface area contributed by atoms with E-state index in [-0.39, 0.29) is 11.9 Å². The van der Waals surface area contributed by atoms with Crippen LogP contribution in [0.25, 0.3) is 22.5 Å². The minimum Gasteiger partial charge on any atom is -0.403 e. The Morgan fingerprint density at radius 2 is 1.93 bits per heavy atom. The minimum atomic E-state index is -0.420. The summed E-state index contributed by atoms with van der Waals surface area (Å²) >= 11 is 0. The first kappa shape index (κ1) is 17.9. The number of amides is 1. The Morgan fingerprint density at radius 1 is 1.17 bits per heavy atom. The average molecular weight is 407 g/mol. The van der Waals surface area contributed by atoms with Gasteiger partial charge in [0.25, 0.3) is 5.89 Å². The summed E-state index contributed by atoms with van der Waals surface area (Å²) < 4.78 is 5.83. The Kier molecular flexibility index (Phi) is 3.88. The summed E-state index contributed by atoms with van der Waals surface area (Å²) in [5, 5.41) is 22.7. The zero-order valence-electron chi connectivity index (χ0n) is 17.0. The topological polar surface area (TPSA) is 113 Å². The summed E-state index contributed by atoms with van der Waals surface area (Å²) in [7, 11) is 0. The maximum Gasteiger partial charge on any atom is 0.316 e. The number of nitrogens with one attached hydrogen (secondary N) is 2. The number of hydrogen-bond donors (Lipinski definition) is 2. The van der Waals surface area contributed by atoms with Gasteiger partial charge >= 0.3 is 6.01 Å². The van der Waals surface area contributed by atoms with Gasteiger partial charge in [-0.25, -0.2) is 0 Å². The first-order chi connectivity index (χ1) is 14.6. The highest BCUT2D eigenvalue weighted by atomic mass is 16.4. The molecule has 1 spiro atoms. The Balaban J connectivity index is 1.17.